The summed E-state index contributed by atoms with van der Waals surface area (Å²) in [6.45, 7) is 3.10. The van der Waals surface area contributed by atoms with Crippen molar-refractivity contribution in [3.63, 3.8) is 0 Å². The molecule has 22 heavy (non-hydrogen) atoms. The number of nitrogen functional groups attached to an aromatic ring is 1. The van der Waals surface area contributed by atoms with Gasteiger partial charge < -0.3 is 25.6 Å². The molecule has 2 fully saturated rings. The van der Waals surface area contributed by atoms with E-state index in [0.29, 0.717) is 38.2 Å². The van der Waals surface area contributed by atoms with Crippen molar-refractivity contribution in [3.05, 3.63) is 16.4 Å². The summed E-state index contributed by atoms with van der Waals surface area (Å²) in [6, 6.07) is 1.43. The van der Waals surface area contributed by atoms with Gasteiger partial charge in [0.2, 0.25) is 5.95 Å². The van der Waals surface area contributed by atoms with Crippen molar-refractivity contribution in [2.45, 2.75) is 43.5 Å². The van der Waals surface area contributed by atoms with Crippen molar-refractivity contribution >= 4 is 11.8 Å². The van der Waals surface area contributed by atoms with Crippen LogP contribution < -0.4 is 16.2 Å². The molecular formula is C14H22N4O4. The van der Waals surface area contributed by atoms with Gasteiger partial charge in [-0.1, -0.05) is 0 Å². The summed E-state index contributed by atoms with van der Waals surface area (Å²) in [5.41, 5.74) is 3.74. The molecule has 2 aliphatic heterocycles. The maximum atomic E-state index is 11.5. The van der Waals surface area contributed by atoms with Gasteiger partial charge in [0.25, 0.3) is 5.56 Å². The molecule has 0 aliphatic carbocycles. The Morgan fingerprint density at radius 2 is 2.18 bits per heavy atom. The lowest BCUT2D eigenvalue weighted by molar-refractivity contribution is -0.216. The zero-order valence-corrected chi connectivity index (χ0v) is 12.6. The molecule has 122 valence electrons. The summed E-state index contributed by atoms with van der Waals surface area (Å²) in [5.74, 6) is 0.654. The quantitative estimate of drug-likeness (QED) is 0.536. The SMILES string of the molecule is C[C@]1(O)CC2(CCN(c3cc(=O)[nH]c(N)n3)CC2)OC[C@@H]1O. The number of piperidine rings is 1. The van der Waals surface area contributed by atoms with Crippen LogP contribution in [0.5, 0.6) is 0 Å². The lowest BCUT2D eigenvalue weighted by atomic mass is 9.76. The third-order valence-corrected chi connectivity index (χ3v) is 4.69. The standard InChI is InChI=1S/C14H22N4O4/c1-13(21)8-14(22-7-9(13)19)2-4-18(5-3-14)10-6-11(20)17-12(15)16-10/h6,9,19,21H,2-5,7-8H2,1H3,(H3,15,16,17,20)/t9-,13-/m0/s1. The second kappa shape index (κ2) is 5.22. The van der Waals surface area contributed by atoms with Crippen molar-refractivity contribution in [1.29, 1.82) is 0 Å². The maximum absolute atomic E-state index is 11.5. The average molecular weight is 310 g/mol. The third kappa shape index (κ3) is 2.81. The third-order valence-electron chi connectivity index (χ3n) is 4.69. The van der Waals surface area contributed by atoms with Gasteiger partial charge in [0, 0.05) is 25.6 Å². The number of aliphatic hydroxyl groups excluding tert-OH is 1. The molecule has 0 radical (unpaired) electrons. The van der Waals surface area contributed by atoms with E-state index >= 15 is 0 Å². The summed E-state index contributed by atoms with van der Waals surface area (Å²) >= 11 is 0. The van der Waals surface area contributed by atoms with Crippen molar-refractivity contribution in [3.8, 4) is 0 Å². The van der Waals surface area contributed by atoms with Gasteiger partial charge in [0.1, 0.15) is 11.9 Å². The minimum atomic E-state index is -1.13. The summed E-state index contributed by atoms with van der Waals surface area (Å²) in [7, 11) is 0. The monoisotopic (exact) mass is 310 g/mol. The predicted octanol–water partition coefficient (Wildman–Crippen LogP) is -0.777. The van der Waals surface area contributed by atoms with Crippen molar-refractivity contribution in [2.24, 2.45) is 0 Å². The van der Waals surface area contributed by atoms with E-state index in [1.54, 1.807) is 6.92 Å². The van der Waals surface area contributed by atoms with Crippen molar-refractivity contribution in [2.75, 3.05) is 30.3 Å². The number of nitrogens with two attached hydrogens (primary N) is 1. The van der Waals surface area contributed by atoms with Crippen LogP contribution in [0.3, 0.4) is 0 Å². The highest BCUT2D eigenvalue weighted by Crippen LogP contribution is 2.40. The lowest BCUT2D eigenvalue weighted by Gasteiger charge is -2.50. The Hall–Kier alpha value is -1.64. The van der Waals surface area contributed by atoms with Gasteiger partial charge in [-0.15, -0.1) is 0 Å². The van der Waals surface area contributed by atoms with E-state index in [1.807, 2.05) is 4.90 Å². The van der Waals surface area contributed by atoms with Crippen molar-refractivity contribution < 1.29 is 14.9 Å². The smallest absolute Gasteiger partial charge is 0.254 e. The van der Waals surface area contributed by atoms with Gasteiger partial charge in [0.15, 0.2) is 0 Å². The first-order valence-corrected chi connectivity index (χ1v) is 7.46. The predicted molar refractivity (Wildman–Crippen MR) is 80.6 cm³/mol. The van der Waals surface area contributed by atoms with E-state index in [0.717, 1.165) is 0 Å². The van der Waals surface area contributed by atoms with Crippen molar-refractivity contribution in [1.82, 2.24) is 9.97 Å². The molecular weight excluding hydrogens is 288 g/mol. The van der Waals surface area contributed by atoms with E-state index in [1.165, 1.54) is 6.07 Å². The molecule has 8 nitrogen and oxygen atoms in total. The second-order valence-corrected chi connectivity index (χ2v) is 6.52. The summed E-state index contributed by atoms with van der Waals surface area (Å²) in [5, 5.41) is 20.1. The first kappa shape index (κ1) is 15.3. The van der Waals surface area contributed by atoms with Crippen LogP contribution in [0.1, 0.15) is 26.2 Å². The van der Waals surface area contributed by atoms with E-state index in [-0.39, 0.29) is 18.1 Å². The number of aromatic nitrogens is 2. The first-order chi connectivity index (χ1) is 10.3. The lowest BCUT2D eigenvalue weighted by Crippen LogP contribution is -2.59. The molecule has 2 aliphatic rings. The van der Waals surface area contributed by atoms with Crippen LogP contribution in [0, 0.1) is 0 Å². The number of nitrogens with one attached hydrogen (secondary N) is 1. The number of aromatic amines is 1. The topological polar surface area (TPSA) is 125 Å². The number of aliphatic hydroxyl groups is 2. The van der Waals surface area contributed by atoms with Crippen LogP contribution >= 0.6 is 0 Å². The van der Waals surface area contributed by atoms with Gasteiger partial charge in [-0.3, -0.25) is 9.78 Å². The molecule has 0 saturated carbocycles. The van der Waals surface area contributed by atoms with Crippen LogP contribution in [0.15, 0.2) is 10.9 Å². The maximum Gasteiger partial charge on any atom is 0.254 e. The highest BCUT2D eigenvalue weighted by molar-refractivity contribution is 5.41. The van der Waals surface area contributed by atoms with Crippen LogP contribution in [0.4, 0.5) is 11.8 Å². The molecule has 3 heterocycles. The molecule has 0 unspecified atom stereocenters. The molecule has 8 heteroatoms. The van der Waals surface area contributed by atoms with Crippen LogP contribution in [-0.4, -0.2) is 57.2 Å². The zero-order chi connectivity index (χ0) is 16.0. The van der Waals surface area contributed by atoms with Gasteiger partial charge in [-0.25, -0.2) is 0 Å². The Kier molecular flexibility index (Phi) is 3.62. The second-order valence-electron chi connectivity index (χ2n) is 6.52. The summed E-state index contributed by atoms with van der Waals surface area (Å²) < 4.78 is 5.84. The number of ether oxygens (including phenoxy) is 1. The zero-order valence-electron chi connectivity index (χ0n) is 12.6. The molecule has 3 rings (SSSR count). The number of hydrogen-bond donors (Lipinski definition) is 4. The summed E-state index contributed by atoms with van der Waals surface area (Å²) in [6.07, 6.45) is 0.944. The molecule has 1 aromatic heterocycles. The highest BCUT2D eigenvalue weighted by Gasteiger charge is 2.48. The van der Waals surface area contributed by atoms with E-state index in [9.17, 15) is 15.0 Å². The van der Waals surface area contributed by atoms with Gasteiger partial charge >= 0.3 is 0 Å². The fourth-order valence-corrected chi connectivity index (χ4v) is 3.35. The number of nitrogens with zero attached hydrogens (tertiary/aromatic N) is 2. The van der Waals surface area contributed by atoms with Gasteiger partial charge in [-0.05, 0) is 19.8 Å². The Bertz CT molecular complexity index is 607. The molecule has 2 saturated heterocycles. The van der Waals surface area contributed by atoms with E-state index in [4.69, 9.17) is 10.5 Å². The molecule has 0 bridgehead atoms. The Morgan fingerprint density at radius 3 is 2.77 bits per heavy atom. The Balaban J connectivity index is 1.71. The number of hydrogen-bond acceptors (Lipinski definition) is 7. The molecule has 0 aromatic carbocycles. The average Bonchev–Trinajstić information content (AvgIpc) is 2.43. The van der Waals surface area contributed by atoms with Crippen LogP contribution in [-0.2, 0) is 4.74 Å². The molecule has 5 N–H and O–H groups in total. The number of H-pyrrole nitrogens is 1. The molecule has 1 aromatic rings. The largest absolute Gasteiger partial charge is 0.388 e. The first-order valence-electron chi connectivity index (χ1n) is 7.46. The molecule has 0 amide bonds. The Morgan fingerprint density at radius 1 is 1.50 bits per heavy atom. The number of anilines is 2. The van der Waals surface area contributed by atoms with E-state index in [2.05, 4.69) is 9.97 Å². The van der Waals surface area contributed by atoms with Crippen LogP contribution in [0.2, 0.25) is 0 Å². The van der Waals surface area contributed by atoms with E-state index < -0.39 is 17.3 Å². The fraction of sp³-hybridized carbons (Fsp3) is 0.714. The normalized spacial score (nSPS) is 31.4. The van der Waals surface area contributed by atoms with Gasteiger partial charge in [-0.2, -0.15) is 4.98 Å². The summed E-state index contributed by atoms with van der Waals surface area (Å²) in [4.78, 5) is 20.0. The minimum absolute atomic E-state index is 0.0998. The number of rotatable bonds is 1. The molecule has 2 atom stereocenters. The molecule has 1 spiro atoms. The van der Waals surface area contributed by atoms with Crippen LogP contribution in [0.25, 0.3) is 0 Å². The van der Waals surface area contributed by atoms with Gasteiger partial charge in [0.05, 0.1) is 17.8 Å². The fourth-order valence-electron chi connectivity index (χ4n) is 3.35. The highest BCUT2D eigenvalue weighted by atomic mass is 16.5. The minimum Gasteiger partial charge on any atom is -0.388 e. The Labute approximate surface area is 127 Å².